The number of piperidine rings is 1. The predicted molar refractivity (Wildman–Crippen MR) is 98.5 cm³/mol. The van der Waals surface area contributed by atoms with Crippen LogP contribution in [0.1, 0.15) is 36.3 Å². The zero-order valence-corrected chi connectivity index (χ0v) is 15.2. The van der Waals surface area contributed by atoms with Crippen molar-refractivity contribution in [3.8, 4) is 11.4 Å². The van der Waals surface area contributed by atoms with E-state index in [1.807, 2.05) is 30.3 Å². The Bertz CT molecular complexity index is 811. The van der Waals surface area contributed by atoms with E-state index >= 15 is 0 Å². The van der Waals surface area contributed by atoms with Crippen molar-refractivity contribution in [2.45, 2.75) is 31.8 Å². The van der Waals surface area contributed by atoms with E-state index < -0.39 is 0 Å². The molecule has 0 aliphatic carbocycles. The van der Waals surface area contributed by atoms with Crippen LogP contribution in [0.3, 0.4) is 0 Å². The second kappa shape index (κ2) is 8.39. The fourth-order valence-corrected chi connectivity index (χ4v) is 3.18. The maximum atomic E-state index is 5.50. The highest BCUT2D eigenvalue weighted by Gasteiger charge is 2.24. The number of hydrogen-bond donors (Lipinski definition) is 2. The first kappa shape index (κ1) is 18.5. The number of nitrogens with zero attached hydrogens (tertiary/aromatic N) is 5. The van der Waals surface area contributed by atoms with Gasteiger partial charge in [0.05, 0.1) is 13.1 Å². The Morgan fingerprint density at radius 2 is 1.92 bits per heavy atom. The van der Waals surface area contributed by atoms with Crippen molar-refractivity contribution in [1.29, 1.82) is 0 Å². The molecule has 138 valence electrons. The zero-order chi connectivity index (χ0) is 17.1. The number of nitrogens with one attached hydrogen (secondary N) is 1. The van der Waals surface area contributed by atoms with Gasteiger partial charge < -0.3 is 10.3 Å². The number of aromatic amines is 1. The lowest BCUT2D eigenvalue weighted by molar-refractivity contribution is 0.195. The molecule has 0 bridgehead atoms. The van der Waals surface area contributed by atoms with E-state index in [9.17, 15) is 0 Å². The Morgan fingerprint density at radius 3 is 2.62 bits per heavy atom. The Kier molecular flexibility index (Phi) is 5.97. The van der Waals surface area contributed by atoms with Crippen LogP contribution in [0.2, 0.25) is 0 Å². The minimum absolute atomic E-state index is 0. The molecular weight excluding hydrogens is 354 g/mol. The van der Waals surface area contributed by atoms with Gasteiger partial charge in [-0.1, -0.05) is 35.5 Å². The van der Waals surface area contributed by atoms with Gasteiger partial charge in [-0.2, -0.15) is 10.1 Å². The Morgan fingerprint density at radius 1 is 1.15 bits per heavy atom. The van der Waals surface area contributed by atoms with Gasteiger partial charge in [0.25, 0.3) is 0 Å². The van der Waals surface area contributed by atoms with Gasteiger partial charge in [0.2, 0.25) is 5.89 Å². The maximum absolute atomic E-state index is 5.50. The molecule has 1 aromatic carbocycles. The second-order valence-electron chi connectivity index (χ2n) is 6.27. The monoisotopic (exact) mass is 375 g/mol. The molecule has 1 aliphatic heterocycles. The van der Waals surface area contributed by atoms with Gasteiger partial charge in [-0.25, -0.2) is 4.98 Å². The van der Waals surface area contributed by atoms with Gasteiger partial charge in [-0.3, -0.25) is 10.00 Å². The Labute approximate surface area is 157 Å². The average molecular weight is 376 g/mol. The summed E-state index contributed by atoms with van der Waals surface area (Å²) in [5.74, 6) is 3.33. The van der Waals surface area contributed by atoms with Crippen molar-refractivity contribution in [1.82, 2.24) is 30.2 Å². The summed E-state index contributed by atoms with van der Waals surface area (Å²) in [5.41, 5.74) is 6.53. The highest BCUT2D eigenvalue weighted by Crippen LogP contribution is 2.27. The molecule has 1 saturated heterocycles. The van der Waals surface area contributed by atoms with E-state index in [4.69, 9.17) is 10.3 Å². The van der Waals surface area contributed by atoms with Crippen molar-refractivity contribution in [2.75, 3.05) is 13.1 Å². The molecule has 26 heavy (non-hydrogen) atoms. The SMILES string of the molecule is Cl.NCc1nc(CN2CCC(c3nc(-c4ccccc4)n[nH]3)CC2)no1. The van der Waals surface area contributed by atoms with Crippen LogP contribution in [-0.4, -0.2) is 43.3 Å². The van der Waals surface area contributed by atoms with Crippen LogP contribution in [0, 0.1) is 0 Å². The third-order valence-electron chi connectivity index (χ3n) is 4.56. The van der Waals surface area contributed by atoms with E-state index in [0.717, 1.165) is 43.1 Å². The number of likely N-dealkylation sites (tertiary alicyclic amines) is 1. The summed E-state index contributed by atoms with van der Waals surface area (Å²) in [7, 11) is 0. The van der Waals surface area contributed by atoms with Crippen molar-refractivity contribution >= 4 is 12.4 Å². The summed E-state index contributed by atoms with van der Waals surface area (Å²) in [5, 5.41) is 11.4. The molecule has 3 aromatic rings. The largest absolute Gasteiger partial charge is 0.338 e. The first-order chi connectivity index (χ1) is 12.3. The van der Waals surface area contributed by atoms with Gasteiger partial charge in [0.15, 0.2) is 11.6 Å². The van der Waals surface area contributed by atoms with Gasteiger partial charge in [0.1, 0.15) is 5.82 Å². The van der Waals surface area contributed by atoms with E-state index in [0.29, 0.717) is 24.2 Å². The fourth-order valence-electron chi connectivity index (χ4n) is 3.18. The summed E-state index contributed by atoms with van der Waals surface area (Å²) < 4.78 is 5.05. The molecule has 8 nitrogen and oxygen atoms in total. The zero-order valence-electron chi connectivity index (χ0n) is 14.3. The van der Waals surface area contributed by atoms with E-state index in [1.165, 1.54) is 0 Å². The summed E-state index contributed by atoms with van der Waals surface area (Å²) >= 11 is 0. The predicted octanol–water partition coefficient (Wildman–Crippen LogP) is 2.11. The first-order valence-corrected chi connectivity index (χ1v) is 8.53. The molecule has 4 rings (SSSR count). The number of aromatic nitrogens is 5. The molecule has 0 unspecified atom stereocenters. The van der Waals surface area contributed by atoms with Crippen LogP contribution in [0.15, 0.2) is 34.9 Å². The van der Waals surface area contributed by atoms with Crippen LogP contribution in [0.5, 0.6) is 0 Å². The van der Waals surface area contributed by atoms with Crippen LogP contribution in [0.25, 0.3) is 11.4 Å². The molecule has 3 heterocycles. The number of H-pyrrole nitrogens is 1. The topological polar surface area (TPSA) is 110 Å². The van der Waals surface area contributed by atoms with Crippen molar-refractivity contribution in [3.05, 3.63) is 47.9 Å². The van der Waals surface area contributed by atoms with E-state index in [1.54, 1.807) is 0 Å². The molecule has 1 fully saturated rings. The molecule has 0 amide bonds. The average Bonchev–Trinajstić information content (AvgIpc) is 3.33. The normalized spacial score (nSPS) is 15.7. The molecule has 0 saturated carbocycles. The highest BCUT2D eigenvalue weighted by molar-refractivity contribution is 5.85. The Balaban J connectivity index is 0.00000196. The van der Waals surface area contributed by atoms with Crippen molar-refractivity contribution in [3.63, 3.8) is 0 Å². The summed E-state index contributed by atoms with van der Waals surface area (Å²) in [6.07, 6.45) is 2.07. The third kappa shape index (κ3) is 4.09. The molecule has 1 aliphatic rings. The van der Waals surface area contributed by atoms with Gasteiger partial charge in [0, 0.05) is 11.5 Å². The number of nitrogens with two attached hydrogens (primary N) is 1. The molecule has 0 spiro atoms. The lowest BCUT2D eigenvalue weighted by Crippen LogP contribution is -2.33. The van der Waals surface area contributed by atoms with Crippen LogP contribution >= 0.6 is 12.4 Å². The quantitative estimate of drug-likeness (QED) is 0.702. The van der Waals surface area contributed by atoms with Gasteiger partial charge >= 0.3 is 0 Å². The standard InChI is InChI=1S/C17H21N7O.ClH/c18-10-15-19-14(23-25-15)11-24-8-6-13(7-9-24)17-20-16(21-22-17)12-4-2-1-3-5-12;/h1-5,13H,6-11,18H2,(H,20,21,22);1H. The number of rotatable bonds is 5. The lowest BCUT2D eigenvalue weighted by Gasteiger charge is -2.29. The smallest absolute Gasteiger partial charge is 0.240 e. The molecule has 0 radical (unpaired) electrons. The number of halogens is 1. The second-order valence-corrected chi connectivity index (χ2v) is 6.27. The van der Waals surface area contributed by atoms with Gasteiger partial charge in [-0.15, -0.1) is 12.4 Å². The summed E-state index contributed by atoms with van der Waals surface area (Å²) in [4.78, 5) is 11.3. The van der Waals surface area contributed by atoms with E-state index in [2.05, 4.69) is 30.2 Å². The lowest BCUT2D eigenvalue weighted by atomic mass is 9.96. The Hall–Kier alpha value is -2.29. The summed E-state index contributed by atoms with van der Waals surface area (Å²) in [6, 6.07) is 10.0. The fraction of sp³-hybridized carbons (Fsp3) is 0.412. The molecule has 3 N–H and O–H groups in total. The highest BCUT2D eigenvalue weighted by atomic mass is 35.5. The minimum atomic E-state index is 0. The minimum Gasteiger partial charge on any atom is -0.338 e. The number of hydrogen-bond acceptors (Lipinski definition) is 7. The third-order valence-corrected chi connectivity index (χ3v) is 4.56. The van der Waals surface area contributed by atoms with Crippen molar-refractivity contribution in [2.24, 2.45) is 5.73 Å². The number of benzene rings is 1. The molecule has 2 aromatic heterocycles. The molecule has 0 atom stereocenters. The van der Waals surface area contributed by atoms with E-state index in [-0.39, 0.29) is 19.0 Å². The first-order valence-electron chi connectivity index (χ1n) is 8.53. The van der Waals surface area contributed by atoms with Gasteiger partial charge in [-0.05, 0) is 25.9 Å². The molecule has 9 heteroatoms. The molecular formula is C17H22ClN7O. The summed E-state index contributed by atoms with van der Waals surface area (Å²) in [6.45, 7) is 2.92. The maximum Gasteiger partial charge on any atom is 0.240 e. The van der Waals surface area contributed by atoms with Crippen LogP contribution in [-0.2, 0) is 13.1 Å². The van der Waals surface area contributed by atoms with Crippen LogP contribution in [0.4, 0.5) is 0 Å². The van der Waals surface area contributed by atoms with Crippen LogP contribution < -0.4 is 5.73 Å². The van der Waals surface area contributed by atoms with Crippen molar-refractivity contribution < 1.29 is 4.52 Å².